The van der Waals surface area contributed by atoms with Crippen molar-refractivity contribution in [3.8, 4) is 12.3 Å². The fourth-order valence-corrected chi connectivity index (χ4v) is 1.49. The molecule has 1 fully saturated rings. The summed E-state index contributed by atoms with van der Waals surface area (Å²) >= 11 is 2.32. The topological polar surface area (TPSA) is 18.5 Å². The summed E-state index contributed by atoms with van der Waals surface area (Å²) in [6.07, 6.45) is 6.01. The number of hydrogen-bond acceptors (Lipinski definition) is 2. The van der Waals surface area contributed by atoms with E-state index in [0.717, 1.165) is 13.0 Å². The van der Waals surface area contributed by atoms with Crippen LogP contribution >= 0.6 is 22.6 Å². The summed E-state index contributed by atoms with van der Waals surface area (Å²) in [5, 5.41) is 0. The van der Waals surface area contributed by atoms with Crippen LogP contribution in [0.25, 0.3) is 0 Å². The molecule has 1 rings (SSSR count). The minimum Gasteiger partial charge on any atom is -0.351 e. The molecule has 0 N–H and O–H groups in total. The van der Waals surface area contributed by atoms with Crippen molar-refractivity contribution >= 4 is 22.6 Å². The van der Waals surface area contributed by atoms with E-state index in [1.165, 1.54) is 0 Å². The Morgan fingerprint density at radius 1 is 1.80 bits per heavy atom. The summed E-state index contributed by atoms with van der Waals surface area (Å²) in [6.45, 7) is 1.15. The fourth-order valence-electron chi connectivity index (χ4n) is 0.820. The fraction of sp³-hybridized carbons (Fsp3) is 0.714. The summed E-state index contributed by atoms with van der Waals surface area (Å²) in [6, 6.07) is 0. The molecule has 10 heavy (non-hydrogen) atoms. The molecule has 1 saturated heterocycles. The third-order valence-corrected chi connectivity index (χ3v) is 2.51. The van der Waals surface area contributed by atoms with E-state index in [1.807, 2.05) is 0 Å². The van der Waals surface area contributed by atoms with Crippen molar-refractivity contribution in [2.45, 2.75) is 16.6 Å². The highest BCUT2D eigenvalue weighted by atomic mass is 127. The average molecular weight is 252 g/mol. The minimum atomic E-state index is -0.0725. The molecule has 0 aliphatic carbocycles. The lowest BCUT2D eigenvalue weighted by molar-refractivity contribution is -0.0951. The quantitative estimate of drug-likeness (QED) is 0.417. The van der Waals surface area contributed by atoms with Gasteiger partial charge in [0.2, 0.25) is 0 Å². The second kappa shape index (κ2) is 4.16. The van der Waals surface area contributed by atoms with Gasteiger partial charge in [0.1, 0.15) is 6.61 Å². The number of hydrogen-bond donors (Lipinski definition) is 0. The first-order valence-electron chi connectivity index (χ1n) is 3.15. The Kier molecular flexibility index (Phi) is 3.46. The lowest BCUT2D eigenvalue weighted by atomic mass is 10.4. The number of ether oxygens (including phenoxy) is 2. The van der Waals surface area contributed by atoms with E-state index in [9.17, 15) is 0 Å². The average Bonchev–Trinajstić information content (AvgIpc) is 2.31. The van der Waals surface area contributed by atoms with Crippen molar-refractivity contribution < 1.29 is 9.47 Å². The van der Waals surface area contributed by atoms with Crippen LogP contribution in [0.15, 0.2) is 0 Å². The molecule has 0 unspecified atom stereocenters. The van der Waals surface area contributed by atoms with Gasteiger partial charge in [0, 0.05) is 0 Å². The van der Waals surface area contributed by atoms with Crippen LogP contribution in [-0.2, 0) is 9.47 Å². The summed E-state index contributed by atoms with van der Waals surface area (Å²) in [5.41, 5.74) is 0. The second-order valence-electron chi connectivity index (χ2n) is 2.06. The van der Waals surface area contributed by atoms with Crippen LogP contribution < -0.4 is 0 Å². The maximum absolute atomic E-state index is 5.24. The molecule has 1 aliphatic heterocycles. The number of terminal acetylenes is 1. The van der Waals surface area contributed by atoms with E-state index in [-0.39, 0.29) is 6.29 Å². The molecule has 0 amide bonds. The van der Waals surface area contributed by atoms with Gasteiger partial charge in [-0.2, -0.15) is 0 Å². The van der Waals surface area contributed by atoms with Gasteiger partial charge in [-0.1, -0.05) is 28.5 Å². The van der Waals surface area contributed by atoms with Gasteiger partial charge in [-0.3, -0.25) is 0 Å². The molecule has 0 bridgehead atoms. The van der Waals surface area contributed by atoms with Crippen LogP contribution in [-0.4, -0.2) is 23.4 Å². The lowest BCUT2D eigenvalue weighted by Crippen LogP contribution is -2.19. The highest BCUT2D eigenvalue weighted by Crippen LogP contribution is 2.22. The number of rotatable bonds is 2. The van der Waals surface area contributed by atoms with Crippen molar-refractivity contribution in [2.75, 3.05) is 13.2 Å². The largest absolute Gasteiger partial charge is 0.351 e. The minimum absolute atomic E-state index is 0.0725. The van der Waals surface area contributed by atoms with Crippen molar-refractivity contribution in [3.63, 3.8) is 0 Å². The smallest absolute Gasteiger partial charge is 0.170 e. The van der Waals surface area contributed by atoms with Gasteiger partial charge >= 0.3 is 0 Å². The molecule has 3 heteroatoms. The Hall–Kier alpha value is 0.210. The molecule has 0 aromatic carbocycles. The first kappa shape index (κ1) is 8.31. The summed E-state index contributed by atoms with van der Waals surface area (Å²) in [5.74, 6) is 2.41. The monoisotopic (exact) mass is 252 g/mol. The van der Waals surface area contributed by atoms with Gasteiger partial charge in [-0.25, -0.2) is 0 Å². The molecule has 1 aliphatic rings. The highest BCUT2D eigenvalue weighted by molar-refractivity contribution is 14.1. The van der Waals surface area contributed by atoms with Crippen molar-refractivity contribution in [1.29, 1.82) is 0 Å². The summed E-state index contributed by atoms with van der Waals surface area (Å²) in [4.78, 5) is 0. The molecule has 0 spiro atoms. The first-order valence-corrected chi connectivity index (χ1v) is 4.40. The van der Waals surface area contributed by atoms with Gasteiger partial charge < -0.3 is 9.47 Å². The predicted octanol–water partition coefficient (Wildman–Crippen LogP) is 1.19. The van der Waals surface area contributed by atoms with Gasteiger partial charge in [0.15, 0.2) is 6.29 Å². The normalized spacial score (nSPS) is 32.0. The molecule has 2 nitrogen and oxygen atoms in total. The van der Waals surface area contributed by atoms with E-state index in [4.69, 9.17) is 15.9 Å². The van der Waals surface area contributed by atoms with Gasteiger partial charge in [0.25, 0.3) is 0 Å². The van der Waals surface area contributed by atoms with Gasteiger partial charge in [-0.15, -0.1) is 6.42 Å². The molecular weight excluding hydrogens is 243 g/mol. The molecule has 56 valence electrons. The van der Waals surface area contributed by atoms with Crippen LogP contribution in [0.4, 0.5) is 0 Å². The molecular formula is C7H9IO2. The van der Waals surface area contributed by atoms with Crippen LogP contribution in [0.3, 0.4) is 0 Å². The van der Waals surface area contributed by atoms with Crippen LogP contribution in [0.1, 0.15) is 6.42 Å². The first-order chi connectivity index (χ1) is 4.84. The molecule has 0 aromatic rings. The van der Waals surface area contributed by atoms with Crippen LogP contribution in [0, 0.1) is 12.3 Å². The standard InChI is InChI=1S/C7H9IO2/c1-2-4-9-7-6(8)3-5-10-7/h1,6-7H,3-5H2/t6-,7-/m1/s1. The third-order valence-electron chi connectivity index (χ3n) is 1.30. The molecule has 1 heterocycles. The van der Waals surface area contributed by atoms with Crippen molar-refractivity contribution in [1.82, 2.24) is 0 Å². The zero-order valence-corrected chi connectivity index (χ0v) is 7.71. The highest BCUT2D eigenvalue weighted by Gasteiger charge is 2.25. The van der Waals surface area contributed by atoms with E-state index in [0.29, 0.717) is 10.5 Å². The molecule has 0 aromatic heterocycles. The Morgan fingerprint density at radius 3 is 3.10 bits per heavy atom. The summed E-state index contributed by atoms with van der Waals surface area (Å²) < 4.78 is 10.9. The molecule has 2 atom stereocenters. The Bertz CT molecular complexity index is 141. The number of alkyl halides is 1. The van der Waals surface area contributed by atoms with E-state index in [2.05, 4.69) is 28.5 Å². The maximum atomic E-state index is 5.24. The van der Waals surface area contributed by atoms with Crippen molar-refractivity contribution in [3.05, 3.63) is 0 Å². The van der Waals surface area contributed by atoms with E-state index < -0.39 is 0 Å². The predicted molar refractivity (Wildman–Crippen MR) is 47.0 cm³/mol. The van der Waals surface area contributed by atoms with Gasteiger partial charge in [0.05, 0.1) is 10.5 Å². The lowest BCUT2D eigenvalue weighted by Gasteiger charge is -2.11. The van der Waals surface area contributed by atoms with E-state index in [1.54, 1.807) is 0 Å². The van der Waals surface area contributed by atoms with Crippen molar-refractivity contribution in [2.24, 2.45) is 0 Å². The number of halogens is 1. The third kappa shape index (κ3) is 2.11. The Labute approximate surface area is 74.4 Å². The van der Waals surface area contributed by atoms with Crippen LogP contribution in [0.2, 0.25) is 0 Å². The van der Waals surface area contributed by atoms with Crippen LogP contribution in [0.5, 0.6) is 0 Å². The molecule has 0 radical (unpaired) electrons. The van der Waals surface area contributed by atoms with Gasteiger partial charge in [-0.05, 0) is 6.42 Å². The maximum Gasteiger partial charge on any atom is 0.170 e. The SMILES string of the molecule is C#CCO[C@@H]1OCC[C@H]1I. The molecule has 0 saturated carbocycles. The second-order valence-corrected chi connectivity index (χ2v) is 3.66. The van der Waals surface area contributed by atoms with E-state index >= 15 is 0 Å². The Morgan fingerprint density at radius 2 is 2.60 bits per heavy atom. The summed E-state index contributed by atoms with van der Waals surface area (Å²) in [7, 11) is 0. The zero-order chi connectivity index (χ0) is 7.40. The Balaban J connectivity index is 2.21. The zero-order valence-electron chi connectivity index (χ0n) is 5.55.